The lowest BCUT2D eigenvalue weighted by atomic mass is 10.2. The van der Waals surface area contributed by atoms with E-state index in [0.29, 0.717) is 12.8 Å². The van der Waals surface area contributed by atoms with Crippen molar-refractivity contribution in [1.29, 1.82) is 0 Å². The van der Waals surface area contributed by atoms with Gasteiger partial charge in [0.1, 0.15) is 12.0 Å². The van der Waals surface area contributed by atoms with Gasteiger partial charge in [-0.25, -0.2) is 18.2 Å². The summed E-state index contributed by atoms with van der Waals surface area (Å²) in [5.41, 5.74) is 4.80. The zero-order chi connectivity index (χ0) is 19.5. The third kappa shape index (κ3) is 6.76. The van der Waals surface area contributed by atoms with Crippen LogP contribution in [-0.4, -0.2) is 41.8 Å². The standard InChI is InChI=1S/C9H16N3O11P3/c10-7-3-4-12(9(13)11-7)8-2-1-6(21-8)5-20-24(14)22-26(18,19)23-25(15,16)17/h3-4,6,8,14H,1-2,5H2,(H,18,19)(H2,10,11,13)(H2,15,16,17). The first-order valence-corrected chi connectivity index (χ1v) is 11.0. The van der Waals surface area contributed by atoms with Crippen LogP contribution in [0.5, 0.6) is 0 Å². The summed E-state index contributed by atoms with van der Waals surface area (Å²) in [7, 11) is -13.5. The lowest BCUT2D eigenvalue weighted by molar-refractivity contribution is -0.0215. The number of nitrogen functional groups attached to an aromatic ring is 1. The zero-order valence-electron chi connectivity index (χ0n) is 12.9. The maximum atomic E-state index is 11.7. The maximum Gasteiger partial charge on any atom is 0.487 e. The van der Waals surface area contributed by atoms with E-state index in [0.717, 1.165) is 0 Å². The van der Waals surface area contributed by atoms with E-state index in [-0.39, 0.29) is 12.4 Å². The largest absolute Gasteiger partial charge is 0.487 e. The highest BCUT2D eigenvalue weighted by atomic mass is 31.3. The Hall–Kier alpha value is -0.750. The highest BCUT2D eigenvalue weighted by Gasteiger charge is 2.36. The molecule has 4 atom stereocenters. The maximum absolute atomic E-state index is 11.7. The van der Waals surface area contributed by atoms with Crippen molar-refractivity contribution < 1.29 is 46.6 Å². The molecule has 1 aromatic rings. The number of anilines is 1. The van der Waals surface area contributed by atoms with Gasteiger partial charge in [-0.2, -0.15) is 9.29 Å². The molecule has 1 saturated heterocycles. The Morgan fingerprint density at radius 2 is 2.08 bits per heavy atom. The first-order chi connectivity index (χ1) is 12.0. The molecular formula is C9H16N3O11P3. The van der Waals surface area contributed by atoms with E-state index >= 15 is 0 Å². The predicted molar refractivity (Wildman–Crippen MR) is 85.2 cm³/mol. The number of ether oxygens (including phenoxy) is 1. The summed E-state index contributed by atoms with van der Waals surface area (Å²) in [5, 5.41) is 0. The van der Waals surface area contributed by atoms with Crippen molar-refractivity contribution >= 4 is 30.1 Å². The summed E-state index contributed by atoms with van der Waals surface area (Å²) in [6, 6.07) is 1.43. The topological polar surface area (TPSA) is 213 Å². The zero-order valence-corrected chi connectivity index (χ0v) is 15.6. The first kappa shape index (κ1) is 21.5. The average Bonchev–Trinajstić information content (AvgIpc) is 2.90. The fourth-order valence-electron chi connectivity index (χ4n) is 2.07. The van der Waals surface area contributed by atoms with Crippen molar-refractivity contribution in [3.8, 4) is 0 Å². The molecule has 0 radical (unpaired) electrons. The minimum Gasteiger partial charge on any atom is -0.383 e. The van der Waals surface area contributed by atoms with E-state index < -0.39 is 42.3 Å². The summed E-state index contributed by atoms with van der Waals surface area (Å²) in [4.78, 5) is 50.7. The third-order valence-corrected chi connectivity index (χ3v) is 6.43. The lowest BCUT2D eigenvalue weighted by Crippen LogP contribution is -2.27. The van der Waals surface area contributed by atoms with Gasteiger partial charge in [0.2, 0.25) is 0 Å². The second-order valence-corrected chi connectivity index (χ2v) is 8.95. The van der Waals surface area contributed by atoms with E-state index in [2.05, 4.69) is 13.6 Å². The minimum absolute atomic E-state index is 0.0677. The van der Waals surface area contributed by atoms with Gasteiger partial charge in [-0.05, 0) is 18.9 Å². The predicted octanol–water partition coefficient (Wildman–Crippen LogP) is -0.0348. The number of phosphoric acid groups is 2. The van der Waals surface area contributed by atoms with Gasteiger partial charge in [0, 0.05) is 6.20 Å². The van der Waals surface area contributed by atoms with Gasteiger partial charge in [-0.1, -0.05) is 0 Å². The summed E-state index contributed by atoms with van der Waals surface area (Å²) in [6.45, 7) is -0.272. The van der Waals surface area contributed by atoms with E-state index in [1.165, 1.54) is 16.8 Å². The van der Waals surface area contributed by atoms with Gasteiger partial charge in [0.25, 0.3) is 0 Å². The molecule has 0 aliphatic carbocycles. The van der Waals surface area contributed by atoms with E-state index in [9.17, 15) is 18.8 Å². The van der Waals surface area contributed by atoms with Crippen LogP contribution in [0.3, 0.4) is 0 Å². The summed E-state index contributed by atoms with van der Waals surface area (Å²) in [5.74, 6) is 0.0677. The highest BCUT2D eigenvalue weighted by Crippen LogP contribution is 2.63. The summed E-state index contributed by atoms with van der Waals surface area (Å²) >= 11 is 0. The molecule has 2 heterocycles. The highest BCUT2D eigenvalue weighted by molar-refractivity contribution is 7.65. The van der Waals surface area contributed by atoms with Crippen LogP contribution in [-0.2, 0) is 27.0 Å². The smallest absolute Gasteiger partial charge is 0.383 e. The fourth-order valence-corrected chi connectivity index (χ4v) is 4.72. The molecule has 0 saturated carbocycles. The Labute approximate surface area is 147 Å². The van der Waals surface area contributed by atoms with Gasteiger partial charge in [-0.3, -0.25) is 4.57 Å². The van der Waals surface area contributed by atoms with Crippen molar-refractivity contribution in [2.24, 2.45) is 0 Å². The quantitative estimate of drug-likeness (QED) is 0.340. The van der Waals surface area contributed by atoms with Crippen molar-refractivity contribution in [3.05, 3.63) is 22.7 Å². The molecule has 1 aliphatic heterocycles. The average molecular weight is 435 g/mol. The summed E-state index contributed by atoms with van der Waals surface area (Å²) < 4.78 is 40.9. The second kappa shape index (κ2) is 8.51. The molecule has 2 rings (SSSR count). The monoisotopic (exact) mass is 435 g/mol. The Balaban J connectivity index is 1.83. The number of rotatable bonds is 8. The molecular weight excluding hydrogens is 419 g/mol. The minimum atomic E-state index is -5.30. The molecule has 0 bridgehead atoms. The van der Waals surface area contributed by atoms with Crippen molar-refractivity contribution in [1.82, 2.24) is 9.55 Å². The molecule has 14 nitrogen and oxygen atoms in total. The van der Waals surface area contributed by atoms with Crippen LogP contribution in [0, 0.1) is 0 Å². The molecule has 0 aromatic carbocycles. The van der Waals surface area contributed by atoms with Crippen molar-refractivity contribution in [3.63, 3.8) is 0 Å². The Kier molecular flexibility index (Phi) is 7.05. The van der Waals surface area contributed by atoms with Gasteiger partial charge in [-0.15, -0.1) is 0 Å². The number of nitrogens with zero attached hydrogens (tertiary/aromatic N) is 2. The van der Waals surface area contributed by atoms with Crippen LogP contribution in [0.25, 0.3) is 0 Å². The molecule has 1 aromatic heterocycles. The van der Waals surface area contributed by atoms with Crippen LogP contribution in [0.2, 0.25) is 0 Å². The van der Waals surface area contributed by atoms with Gasteiger partial charge in [0.05, 0.1) is 12.7 Å². The number of hydrogen-bond donors (Lipinski definition) is 5. The number of aromatic nitrogens is 2. The van der Waals surface area contributed by atoms with Crippen molar-refractivity contribution in [2.75, 3.05) is 12.3 Å². The van der Waals surface area contributed by atoms with E-state index in [1.54, 1.807) is 0 Å². The molecule has 17 heteroatoms. The van der Waals surface area contributed by atoms with Gasteiger partial charge >= 0.3 is 29.9 Å². The molecule has 26 heavy (non-hydrogen) atoms. The van der Waals surface area contributed by atoms with E-state index in [1.807, 2.05) is 0 Å². The molecule has 1 aliphatic rings. The van der Waals surface area contributed by atoms with Crippen LogP contribution in [0.1, 0.15) is 19.1 Å². The Bertz CT molecular complexity index is 782. The molecule has 0 amide bonds. The SMILES string of the molecule is Nc1ccn(C2CCC(COP(O)OP(=O)(O)OP(=O)(O)O)O2)c(=O)n1. The Morgan fingerprint density at radius 3 is 2.69 bits per heavy atom. The van der Waals surface area contributed by atoms with Crippen LogP contribution < -0.4 is 11.4 Å². The molecule has 1 fully saturated rings. The van der Waals surface area contributed by atoms with Gasteiger partial charge < -0.3 is 34.6 Å². The second-order valence-electron chi connectivity index (χ2n) is 4.99. The fraction of sp³-hybridized carbons (Fsp3) is 0.556. The molecule has 0 spiro atoms. The molecule has 148 valence electrons. The molecule has 4 unspecified atom stereocenters. The van der Waals surface area contributed by atoms with Crippen molar-refractivity contribution in [2.45, 2.75) is 25.2 Å². The van der Waals surface area contributed by atoms with Crippen LogP contribution in [0.4, 0.5) is 5.82 Å². The van der Waals surface area contributed by atoms with E-state index in [4.69, 9.17) is 29.7 Å². The van der Waals surface area contributed by atoms with Gasteiger partial charge in [0.15, 0.2) is 0 Å². The summed E-state index contributed by atoms with van der Waals surface area (Å²) in [6.07, 6.45) is 1.08. The lowest BCUT2D eigenvalue weighted by Gasteiger charge is -2.18. The number of hydrogen-bond acceptors (Lipinski definition) is 10. The van der Waals surface area contributed by atoms with Crippen LogP contribution in [0.15, 0.2) is 17.1 Å². The van der Waals surface area contributed by atoms with Crippen LogP contribution >= 0.6 is 24.2 Å². The normalized spacial score (nSPS) is 24.3. The number of nitrogens with two attached hydrogens (primary N) is 1. The molecule has 6 N–H and O–H groups in total. The third-order valence-electron chi connectivity index (χ3n) is 3.00. The first-order valence-electron chi connectivity index (χ1n) is 6.86. The Morgan fingerprint density at radius 1 is 1.38 bits per heavy atom.